The van der Waals surface area contributed by atoms with Crippen LogP contribution < -0.4 is 5.46 Å². The van der Waals surface area contributed by atoms with Crippen LogP contribution in [0.5, 0.6) is 0 Å². The zero-order valence-corrected chi connectivity index (χ0v) is 7.63. The zero-order valence-electron chi connectivity index (χ0n) is 7.63. The maximum atomic E-state index is 8.98. The summed E-state index contributed by atoms with van der Waals surface area (Å²) in [4.78, 5) is 0. The Kier molecular flexibility index (Phi) is 2.55. The molecule has 0 bridgehead atoms. The van der Waals surface area contributed by atoms with Crippen molar-refractivity contribution in [2.45, 2.75) is 20.8 Å². The smallest absolute Gasteiger partial charge is 0.423 e. The van der Waals surface area contributed by atoms with Crippen LogP contribution in [0, 0.1) is 20.8 Å². The number of hydrogen-bond donors (Lipinski definition) is 2. The molecule has 0 fully saturated rings. The van der Waals surface area contributed by atoms with Crippen molar-refractivity contribution in [3.8, 4) is 0 Å². The molecule has 0 saturated carbocycles. The van der Waals surface area contributed by atoms with Gasteiger partial charge in [0.1, 0.15) is 0 Å². The van der Waals surface area contributed by atoms with E-state index in [4.69, 9.17) is 10.0 Å². The normalized spacial score (nSPS) is 10.1. The lowest BCUT2D eigenvalue weighted by Crippen LogP contribution is -2.32. The van der Waals surface area contributed by atoms with Gasteiger partial charge in [-0.2, -0.15) is 0 Å². The SMILES string of the molecule is Cc1ccc(B(O)O)c(C)c1C. The summed E-state index contributed by atoms with van der Waals surface area (Å²) < 4.78 is 0. The van der Waals surface area contributed by atoms with Gasteiger partial charge in [-0.3, -0.25) is 0 Å². The van der Waals surface area contributed by atoms with Gasteiger partial charge in [0.15, 0.2) is 0 Å². The van der Waals surface area contributed by atoms with Crippen LogP contribution in [0.4, 0.5) is 0 Å². The van der Waals surface area contributed by atoms with E-state index in [0.717, 1.165) is 11.1 Å². The fourth-order valence-electron chi connectivity index (χ4n) is 1.26. The first-order valence-electron chi connectivity index (χ1n) is 3.97. The molecular formula is C9H13BO2. The van der Waals surface area contributed by atoms with E-state index in [-0.39, 0.29) is 0 Å². The average molecular weight is 164 g/mol. The van der Waals surface area contributed by atoms with Gasteiger partial charge in [-0.15, -0.1) is 0 Å². The minimum atomic E-state index is -1.36. The van der Waals surface area contributed by atoms with Crippen molar-refractivity contribution in [3.63, 3.8) is 0 Å². The second-order valence-corrected chi connectivity index (χ2v) is 3.10. The molecule has 2 N–H and O–H groups in total. The number of rotatable bonds is 1. The molecule has 0 aromatic heterocycles. The van der Waals surface area contributed by atoms with Gasteiger partial charge in [0.2, 0.25) is 0 Å². The van der Waals surface area contributed by atoms with Gasteiger partial charge >= 0.3 is 7.12 Å². The average Bonchev–Trinajstić information content (AvgIpc) is 2.00. The monoisotopic (exact) mass is 164 g/mol. The Morgan fingerprint density at radius 2 is 1.58 bits per heavy atom. The van der Waals surface area contributed by atoms with Gasteiger partial charge in [0, 0.05) is 0 Å². The standard InChI is InChI=1S/C9H13BO2/c1-6-4-5-9(10(11)12)8(3)7(6)2/h4-5,11-12H,1-3H3. The van der Waals surface area contributed by atoms with Crippen molar-refractivity contribution in [2.24, 2.45) is 0 Å². The molecule has 1 aromatic carbocycles. The van der Waals surface area contributed by atoms with Crippen molar-refractivity contribution in [3.05, 3.63) is 28.8 Å². The topological polar surface area (TPSA) is 40.5 Å². The van der Waals surface area contributed by atoms with Crippen LogP contribution in [0.15, 0.2) is 12.1 Å². The number of hydrogen-bond acceptors (Lipinski definition) is 2. The van der Waals surface area contributed by atoms with E-state index in [1.165, 1.54) is 5.56 Å². The highest BCUT2D eigenvalue weighted by Gasteiger charge is 2.14. The molecule has 0 atom stereocenters. The molecule has 64 valence electrons. The molecule has 0 amide bonds. The highest BCUT2D eigenvalue weighted by molar-refractivity contribution is 6.59. The quantitative estimate of drug-likeness (QED) is 0.585. The molecule has 0 aliphatic rings. The van der Waals surface area contributed by atoms with Crippen LogP contribution in [0.25, 0.3) is 0 Å². The Bertz CT molecular complexity index is 295. The molecular weight excluding hydrogens is 151 g/mol. The largest absolute Gasteiger partial charge is 0.488 e. The third-order valence-electron chi connectivity index (χ3n) is 2.38. The van der Waals surface area contributed by atoms with E-state index >= 15 is 0 Å². The molecule has 3 heteroatoms. The van der Waals surface area contributed by atoms with Crippen molar-refractivity contribution in [1.29, 1.82) is 0 Å². The number of benzene rings is 1. The first-order valence-corrected chi connectivity index (χ1v) is 3.97. The van der Waals surface area contributed by atoms with Crippen LogP contribution >= 0.6 is 0 Å². The second kappa shape index (κ2) is 3.29. The van der Waals surface area contributed by atoms with Crippen LogP contribution in [0.3, 0.4) is 0 Å². The summed E-state index contributed by atoms with van der Waals surface area (Å²) >= 11 is 0. The Balaban J connectivity index is 3.27. The lowest BCUT2D eigenvalue weighted by Gasteiger charge is -2.09. The minimum Gasteiger partial charge on any atom is -0.423 e. The molecule has 0 aliphatic carbocycles. The molecule has 1 aromatic rings. The summed E-state index contributed by atoms with van der Waals surface area (Å²) in [7, 11) is -1.36. The Hall–Kier alpha value is -0.795. The van der Waals surface area contributed by atoms with E-state index in [1.807, 2.05) is 26.8 Å². The van der Waals surface area contributed by atoms with Gasteiger partial charge in [-0.1, -0.05) is 12.1 Å². The van der Waals surface area contributed by atoms with Crippen molar-refractivity contribution >= 4 is 12.6 Å². The zero-order chi connectivity index (χ0) is 9.30. The molecule has 0 radical (unpaired) electrons. The molecule has 0 spiro atoms. The van der Waals surface area contributed by atoms with E-state index in [2.05, 4.69) is 0 Å². The highest BCUT2D eigenvalue weighted by atomic mass is 16.4. The van der Waals surface area contributed by atoms with E-state index in [1.54, 1.807) is 6.07 Å². The van der Waals surface area contributed by atoms with Gasteiger partial charge in [-0.05, 0) is 42.9 Å². The Morgan fingerprint density at radius 3 is 2.08 bits per heavy atom. The van der Waals surface area contributed by atoms with Crippen LogP contribution in [0.2, 0.25) is 0 Å². The van der Waals surface area contributed by atoms with Crippen LogP contribution in [-0.2, 0) is 0 Å². The van der Waals surface area contributed by atoms with Crippen molar-refractivity contribution in [1.82, 2.24) is 0 Å². The Morgan fingerprint density at radius 1 is 1.00 bits per heavy atom. The molecule has 1 rings (SSSR count). The summed E-state index contributed by atoms with van der Waals surface area (Å²) in [6.45, 7) is 5.89. The van der Waals surface area contributed by atoms with Crippen LogP contribution in [-0.4, -0.2) is 17.2 Å². The van der Waals surface area contributed by atoms with Gasteiger partial charge < -0.3 is 10.0 Å². The van der Waals surface area contributed by atoms with E-state index in [0.29, 0.717) is 5.46 Å². The third kappa shape index (κ3) is 1.52. The second-order valence-electron chi connectivity index (χ2n) is 3.10. The summed E-state index contributed by atoms with van der Waals surface area (Å²) in [5.41, 5.74) is 3.86. The van der Waals surface area contributed by atoms with E-state index < -0.39 is 7.12 Å². The maximum Gasteiger partial charge on any atom is 0.488 e. The van der Waals surface area contributed by atoms with Crippen molar-refractivity contribution in [2.75, 3.05) is 0 Å². The lowest BCUT2D eigenvalue weighted by molar-refractivity contribution is 0.425. The first-order chi connectivity index (χ1) is 5.54. The summed E-state index contributed by atoms with van der Waals surface area (Å²) in [6.07, 6.45) is 0. The summed E-state index contributed by atoms with van der Waals surface area (Å²) in [5.74, 6) is 0. The number of aryl methyl sites for hydroxylation is 1. The predicted octanol–water partition coefficient (Wildman–Crippen LogP) is 0.292. The van der Waals surface area contributed by atoms with Gasteiger partial charge in [0.05, 0.1) is 0 Å². The fraction of sp³-hybridized carbons (Fsp3) is 0.333. The minimum absolute atomic E-state index is 0.595. The fourth-order valence-corrected chi connectivity index (χ4v) is 1.26. The van der Waals surface area contributed by atoms with E-state index in [9.17, 15) is 0 Å². The first kappa shape index (κ1) is 9.29. The maximum absolute atomic E-state index is 8.98. The molecule has 0 aliphatic heterocycles. The molecule has 0 unspecified atom stereocenters. The molecule has 2 nitrogen and oxygen atoms in total. The summed E-state index contributed by atoms with van der Waals surface area (Å²) in [6, 6.07) is 3.65. The third-order valence-corrected chi connectivity index (χ3v) is 2.38. The summed E-state index contributed by atoms with van der Waals surface area (Å²) in [5, 5.41) is 18.0. The predicted molar refractivity (Wildman–Crippen MR) is 50.5 cm³/mol. The Labute approximate surface area is 73.0 Å². The molecule has 0 heterocycles. The lowest BCUT2D eigenvalue weighted by atomic mass is 9.75. The van der Waals surface area contributed by atoms with Gasteiger partial charge in [0.25, 0.3) is 0 Å². The highest BCUT2D eigenvalue weighted by Crippen LogP contribution is 2.09. The van der Waals surface area contributed by atoms with Gasteiger partial charge in [-0.25, -0.2) is 0 Å². The van der Waals surface area contributed by atoms with Crippen LogP contribution in [0.1, 0.15) is 16.7 Å². The van der Waals surface area contributed by atoms with Crippen molar-refractivity contribution < 1.29 is 10.0 Å². The molecule has 0 saturated heterocycles. The molecule has 12 heavy (non-hydrogen) atoms.